The molecule has 0 fully saturated rings. The Bertz CT molecular complexity index is 348. The first-order valence-corrected chi connectivity index (χ1v) is 6.26. The fraction of sp³-hybridized carbons (Fsp3) is 0.571. The van der Waals surface area contributed by atoms with Crippen molar-refractivity contribution in [3.8, 4) is 5.75 Å². The minimum absolute atomic E-state index is 0.155. The second-order valence-corrected chi connectivity index (χ2v) is 4.47. The smallest absolute Gasteiger partial charge is 0.165 e. The summed E-state index contributed by atoms with van der Waals surface area (Å²) in [6.45, 7) is 6.64. The number of nitrogens with two attached hydrogens (primary N) is 1. The van der Waals surface area contributed by atoms with Gasteiger partial charge in [-0.2, -0.15) is 0 Å². The van der Waals surface area contributed by atoms with Crippen LogP contribution in [0.4, 0.5) is 4.39 Å². The predicted octanol–water partition coefficient (Wildman–Crippen LogP) is 3.66. The van der Waals surface area contributed by atoms with Crippen LogP contribution >= 0.6 is 0 Å². The quantitative estimate of drug-likeness (QED) is 0.822. The van der Waals surface area contributed by atoms with Gasteiger partial charge in [-0.05, 0) is 30.5 Å². The molecule has 0 aliphatic carbocycles. The highest BCUT2D eigenvalue weighted by Gasteiger charge is 2.09. The number of halogens is 1. The normalized spacial score (nSPS) is 12.8. The van der Waals surface area contributed by atoms with Crippen LogP contribution in [0.2, 0.25) is 0 Å². The van der Waals surface area contributed by atoms with Crippen LogP contribution in [0.15, 0.2) is 18.2 Å². The van der Waals surface area contributed by atoms with Crippen molar-refractivity contribution < 1.29 is 9.13 Å². The summed E-state index contributed by atoms with van der Waals surface area (Å²) in [7, 11) is 0. The molecule has 1 aromatic carbocycles. The maximum absolute atomic E-state index is 13.7. The van der Waals surface area contributed by atoms with Crippen LogP contribution in [-0.2, 0) is 0 Å². The van der Waals surface area contributed by atoms with Gasteiger partial charge in [-0.3, -0.25) is 0 Å². The topological polar surface area (TPSA) is 35.2 Å². The Morgan fingerprint density at radius 3 is 2.41 bits per heavy atom. The Morgan fingerprint density at radius 1 is 1.29 bits per heavy atom. The van der Waals surface area contributed by atoms with Crippen LogP contribution in [0.3, 0.4) is 0 Å². The average Bonchev–Trinajstić information content (AvgIpc) is 2.31. The maximum atomic E-state index is 13.7. The monoisotopic (exact) mass is 239 g/mol. The van der Waals surface area contributed by atoms with Crippen molar-refractivity contribution >= 4 is 0 Å². The third-order valence-corrected chi connectivity index (χ3v) is 3.11. The summed E-state index contributed by atoms with van der Waals surface area (Å²) in [5.41, 5.74) is 6.48. The van der Waals surface area contributed by atoms with Crippen molar-refractivity contribution in [2.75, 3.05) is 6.61 Å². The molecule has 0 amide bonds. The number of ether oxygens (including phenoxy) is 1. The zero-order chi connectivity index (χ0) is 12.8. The van der Waals surface area contributed by atoms with Gasteiger partial charge in [0.2, 0.25) is 0 Å². The first-order chi connectivity index (χ1) is 8.08. The van der Waals surface area contributed by atoms with Gasteiger partial charge < -0.3 is 10.5 Å². The average molecular weight is 239 g/mol. The SMILES string of the molecule is CCC(CC)COc1ccc([C@@H](C)N)cc1F. The zero-order valence-electron chi connectivity index (χ0n) is 10.9. The summed E-state index contributed by atoms with van der Waals surface area (Å²) in [5, 5.41) is 0. The first kappa shape index (κ1) is 14.0. The first-order valence-electron chi connectivity index (χ1n) is 6.26. The van der Waals surface area contributed by atoms with Gasteiger partial charge in [-0.1, -0.05) is 32.8 Å². The molecule has 3 heteroatoms. The van der Waals surface area contributed by atoms with Crippen molar-refractivity contribution in [2.24, 2.45) is 11.7 Å². The highest BCUT2D eigenvalue weighted by atomic mass is 19.1. The second kappa shape index (κ2) is 6.60. The Kier molecular flexibility index (Phi) is 5.42. The van der Waals surface area contributed by atoms with Gasteiger partial charge in [0.05, 0.1) is 6.61 Å². The van der Waals surface area contributed by atoms with E-state index in [1.807, 2.05) is 13.0 Å². The van der Waals surface area contributed by atoms with Crippen molar-refractivity contribution in [3.05, 3.63) is 29.6 Å². The second-order valence-electron chi connectivity index (χ2n) is 4.47. The van der Waals surface area contributed by atoms with E-state index < -0.39 is 0 Å². The standard InChI is InChI=1S/C14H22FNO/c1-4-11(5-2)9-17-14-7-6-12(10(3)16)8-13(14)15/h6-8,10-11H,4-5,9,16H2,1-3H3/t10-/m1/s1. The van der Waals surface area contributed by atoms with Gasteiger partial charge in [-0.25, -0.2) is 4.39 Å². The molecule has 1 rings (SSSR count). The molecule has 0 unspecified atom stereocenters. The van der Waals surface area contributed by atoms with Gasteiger partial charge in [0.1, 0.15) is 0 Å². The minimum atomic E-state index is -0.328. The van der Waals surface area contributed by atoms with Crippen LogP contribution in [0.1, 0.15) is 45.2 Å². The molecule has 0 saturated heterocycles. The van der Waals surface area contributed by atoms with Crippen LogP contribution < -0.4 is 10.5 Å². The molecule has 0 aromatic heterocycles. The number of hydrogen-bond acceptors (Lipinski definition) is 2. The molecule has 0 heterocycles. The Morgan fingerprint density at radius 2 is 1.94 bits per heavy atom. The molecule has 96 valence electrons. The summed E-state index contributed by atoms with van der Waals surface area (Å²) in [6, 6.07) is 4.77. The fourth-order valence-corrected chi connectivity index (χ4v) is 1.65. The molecule has 17 heavy (non-hydrogen) atoms. The van der Waals surface area contributed by atoms with E-state index in [0.29, 0.717) is 18.3 Å². The largest absolute Gasteiger partial charge is 0.490 e. The van der Waals surface area contributed by atoms with Gasteiger partial charge in [0.15, 0.2) is 11.6 Å². The lowest BCUT2D eigenvalue weighted by Gasteiger charge is -2.15. The van der Waals surface area contributed by atoms with Crippen LogP contribution in [0.5, 0.6) is 5.75 Å². The van der Waals surface area contributed by atoms with Crippen LogP contribution in [-0.4, -0.2) is 6.61 Å². The van der Waals surface area contributed by atoms with Crippen LogP contribution in [0.25, 0.3) is 0 Å². The zero-order valence-corrected chi connectivity index (χ0v) is 10.9. The summed E-state index contributed by atoms with van der Waals surface area (Å²) >= 11 is 0. The van der Waals surface area contributed by atoms with E-state index in [0.717, 1.165) is 18.4 Å². The van der Waals surface area contributed by atoms with Crippen molar-refractivity contribution in [2.45, 2.75) is 39.7 Å². The molecule has 0 aliphatic rings. The highest BCUT2D eigenvalue weighted by molar-refractivity contribution is 5.30. The molecule has 2 N–H and O–H groups in total. The maximum Gasteiger partial charge on any atom is 0.165 e. The Labute approximate surface area is 103 Å². The minimum Gasteiger partial charge on any atom is -0.490 e. The highest BCUT2D eigenvalue weighted by Crippen LogP contribution is 2.22. The van der Waals surface area contributed by atoms with E-state index >= 15 is 0 Å². The van der Waals surface area contributed by atoms with E-state index in [4.69, 9.17) is 10.5 Å². The van der Waals surface area contributed by atoms with E-state index in [2.05, 4.69) is 13.8 Å². The molecule has 0 aliphatic heterocycles. The molecule has 0 spiro atoms. The summed E-state index contributed by atoms with van der Waals surface area (Å²) in [5.74, 6) is 0.481. The van der Waals surface area contributed by atoms with Crippen molar-refractivity contribution in [1.82, 2.24) is 0 Å². The summed E-state index contributed by atoms with van der Waals surface area (Å²) in [6.07, 6.45) is 2.10. The predicted molar refractivity (Wildman–Crippen MR) is 68.6 cm³/mol. The molecular formula is C14H22FNO. The van der Waals surface area contributed by atoms with E-state index in [1.165, 1.54) is 6.07 Å². The van der Waals surface area contributed by atoms with E-state index in [1.54, 1.807) is 6.07 Å². The Balaban J connectivity index is 2.66. The van der Waals surface area contributed by atoms with E-state index in [-0.39, 0.29) is 11.9 Å². The fourth-order valence-electron chi connectivity index (χ4n) is 1.65. The van der Waals surface area contributed by atoms with E-state index in [9.17, 15) is 4.39 Å². The molecule has 1 atom stereocenters. The van der Waals surface area contributed by atoms with Gasteiger partial charge in [-0.15, -0.1) is 0 Å². The lowest BCUT2D eigenvalue weighted by Crippen LogP contribution is -2.11. The van der Waals surface area contributed by atoms with Gasteiger partial charge >= 0.3 is 0 Å². The van der Waals surface area contributed by atoms with Crippen molar-refractivity contribution in [1.29, 1.82) is 0 Å². The third kappa shape index (κ3) is 4.00. The number of hydrogen-bond donors (Lipinski definition) is 1. The third-order valence-electron chi connectivity index (χ3n) is 3.11. The molecule has 1 aromatic rings. The Hall–Kier alpha value is -1.09. The van der Waals surface area contributed by atoms with Crippen LogP contribution in [0, 0.1) is 11.7 Å². The molecule has 2 nitrogen and oxygen atoms in total. The number of benzene rings is 1. The molecule has 0 bridgehead atoms. The summed E-state index contributed by atoms with van der Waals surface area (Å²) in [4.78, 5) is 0. The molecule has 0 radical (unpaired) electrons. The molecular weight excluding hydrogens is 217 g/mol. The molecule has 0 saturated carbocycles. The van der Waals surface area contributed by atoms with Gasteiger partial charge in [0, 0.05) is 6.04 Å². The lowest BCUT2D eigenvalue weighted by atomic mass is 10.1. The number of rotatable bonds is 6. The lowest BCUT2D eigenvalue weighted by molar-refractivity contribution is 0.231. The van der Waals surface area contributed by atoms with Crippen molar-refractivity contribution in [3.63, 3.8) is 0 Å². The summed E-state index contributed by atoms with van der Waals surface area (Å²) < 4.78 is 19.2. The van der Waals surface area contributed by atoms with Gasteiger partial charge in [0.25, 0.3) is 0 Å².